The first kappa shape index (κ1) is 18.7. The fourth-order valence-corrected chi connectivity index (χ4v) is 3.23. The molecule has 1 aromatic rings. The fourth-order valence-electron chi connectivity index (χ4n) is 3.23. The van der Waals surface area contributed by atoms with E-state index in [1.165, 1.54) is 12.8 Å². The van der Waals surface area contributed by atoms with E-state index in [9.17, 15) is 14.3 Å². The summed E-state index contributed by atoms with van der Waals surface area (Å²) < 4.78 is 14.6. The highest BCUT2D eigenvalue weighted by molar-refractivity contribution is 5.51. The molecule has 0 atom stereocenters. The van der Waals surface area contributed by atoms with Crippen LogP contribution >= 0.6 is 0 Å². The van der Waals surface area contributed by atoms with Crippen molar-refractivity contribution < 1.29 is 14.3 Å². The monoisotopic (exact) mass is 337 g/mol. The SMILES string of the molecule is CN1CCC(CCN(CCNC=O)c2cccc(CO)c2F)CC1. The summed E-state index contributed by atoms with van der Waals surface area (Å²) in [6, 6.07) is 5.10. The third-order valence-corrected chi connectivity index (χ3v) is 4.82. The molecule has 1 aliphatic heterocycles. The van der Waals surface area contributed by atoms with Crippen LogP contribution < -0.4 is 10.2 Å². The number of hydrogen-bond acceptors (Lipinski definition) is 4. The molecule has 0 aliphatic carbocycles. The number of rotatable bonds is 9. The number of carbonyl (C=O) groups excluding carboxylic acids is 1. The van der Waals surface area contributed by atoms with Crippen LogP contribution in [0.2, 0.25) is 0 Å². The first-order chi connectivity index (χ1) is 11.7. The Hall–Kier alpha value is -1.66. The van der Waals surface area contributed by atoms with Crippen molar-refractivity contribution >= 4 is 12.1 Å². The van der Waals surface area contributed by atoms with Gasteiger partial charge in [-0.15, -0.1) is 0 Å². The highest BCUT2D eigenvalue weighted by Gasteiger charge is 2.19. The molecule has 0 saturated carbocycles. The summed E-state index contributed by atoms with van der Waals surface area (Å²) in [7, 11) is 2.14. The summed E-state index contributed by atoms with van der Waals surface area (Å²) >= 11 is 0. The Labute approximate surface area is 143 Å². The van der Waals surface area contributed by atoms with Crippen molar-refractivity contribution in [1.29, 1.82) is 0 Å². The van der Waals surface area contributed by atoms with Gasteiger partial charge in [-0.05, 0) is 51.4 Å². The Balaban J connectivity index is 2.02. The smallest absolute Gasteiger partial charge is 0.207 e. The van der Waals surface area contributed by atoms with Crippen LogP contribution in [0, 0.1) is 11.7 Å². The predicted molar refractivity (Wildman–Crippen MR) is 93.4 cm³/mol. The Kier molecular flexibility index (Phi) is 7.46. The fraction of sp³-hybridized carbons (Fsp3) is 0.611. The number of likely N-dealkylation sites (tertiary alicyclic amines) is 1. The van der Waals surface area contributed by atoms with E-state index in [1.807, 2.05) is 4.90 Å². The Bertz CT molecular complexity index is 519. The van der Waals surface area contributed by atoms with Crippen molar-refractivity contribution in [3.63, 3.8) is 0 Å². The lowest BCUT2D eigenvalue weighted by Gasteiger charge is -2.32. The van der Waals surface area contributed by atoms with E-state index in [-0.39, 0.29) is 12.4 Å². The second-order valence-electron chi connectivity index (χ2n) is 6.50. The molecule has 0 spiro atoms. The normalized spacial score (nSPS) is 16.1. The Morgan fingerprint density at radius 3 is 2.79 bits per heavy atom. The van der Waals surface area contributed by atoms with Crippen molar-refractivity contribution in [1.82, 2.24) is 10.2 Å². The van der Waals surface area contributed by atoms with Crippen LogP contribution in [0.4, 0.5) is 10.1 Å². The van der Waals surface area contributed by atoms with Crippen molar-refractivity contribution in [3.05, 3.63) is 29.6 Å². The second kappa shape index (κ2) is 9.59. The van der Waals surface area contributed by atoms with Gasteiger partial charge in [-0.25, -0.2) is 4.39 Å². The number of hydrogen-bond donors (Lipinski definition) is 2. The largest absolute Gasteiger partial charge is 0.392 e. The number of carbonyl (C=O) groups is 1. The average molecular weight is 337 g/mol. The van der Waals surface area contributed by atoms with Crippen LogP contribution in [-0.2, 0) is 11.4 Å². The van der Waals surface area contributed by atoms with Gasteiger partial charge in [0.15, 0.2) is 5.82 Å². The van der Waals surface area contributed by atoms with Gasteiger partial charge in [0.05, 0.1) is 12.3 Å². The summed E-state index contributed by atoms with van der Waals surface area (Å²) in [5.74, 6) is 0.293. The van der Waals surface area contributed by atoms with Gasteiger partial charge in [0.1, 0.15) is 0 Å². The summed E-state index contributed by atoms with van der Waals surface area (Å²) in [6.45, 7) is 3.70. The topological polar surface area (TPSA) is 55.8 Å². The number of piperidine rings is 1. The second-order valence-corrected chi connectivity index (χ2v) is 6.50. The van der Waals surface area contributed by atoms with E-state index >= 15 is 0 Å². The number of halogens is 1. The molecule has 0 bridgehead atoms. The molecule has 2 rings (SSSR count). The van der Waals surface area contributed by atoms with E-state index < -0.39 is 0 Å². The number of aliphatic hydroxyl groups is 1. The first-order valence-corrected chi connectivity index (χ1v) is 8.64. The lowest BCUT2D eigenvalue weighted by atomic mass is 9.93. The van der Waals surface area contributed by atoms with Gasteiger partial charge in [-0.3, -0.25) is 4.79 Å². The molecule has 6 heteroatoms. The van der Waals surface area contributed by atoms with Crippen LogP contribution in [0.15, 0.2) is 18.2 Å². The molecular weight excluding hydrogens is 309 g/mol. The van der Waals surface area contributed by atoms with Gasteiger partial charge < -0.3 is 20.2 Å². The van der Waals surface area contributed by atoms with Gasteiger partial charge in [0, 0.05) is 25.2 Å². The minimum Gasteiger partial charge on any atom is -0.392 e. The lowest BCUT2D eigenvalue weighted by Crippen LogP contribution is -2.36. The van der Waals surface area contributed by atoms with Crippen LogP contribution in [-0.4, -0.2) is 56.2 Å². The van der Waals surface area contributed by atoms with Gasteiger partial charge in [-0.1, -0.05) is 12.1 Å². The lowest BCUT2D eigenvalue weighted by molar-refractivity contribution is -0.109. The van der Waals surface area contributed by atoms with E-state index in [4.69, 9.17) is 0 Å². The number of amides is 1. The zero-order chi connectivity index (χ0) is 17.4. The van der Waals surface area contributed by atoms with Crippen molar-refractivity contribution in [2.45, 2.75) is 25.9 Å². The molecule has 1 amide bonds. The minimum atomic E-state index is -0.366. The average Bonchev–Trinajstić information content (AvgIpc) is 2.60. The minimum absolute atomic E-state index is 0.306. The van der Waals surface area contributed by atoms with Crippen LogP contribution in [0.1, 0.15) is 24.8 Å². The van der Waals surface area contributed by atoms with Gasteiger partial charge in [0.2, 0.25) is 6.41 Å². The zero-order valence-corrected chi connectivity index (χ0v) is 14.4. The van der Waals surface area contributed by atoms with E-state index in [2.05, 4.69) is 17.3 Å². The summed E-state index contributed by atoms with van der Waals surface area (Å²) in [5, 5.41) is 11.9. The number of aliphatic hydroxyl groups excluding tert-OH is 1. The van der Waals surface area contributed by atoms with Gasteiger partial charge >= 0.3 is 0 Å². The number of nitrogens with one attached hydrogen (secondary N) is 1. The maximum Gasteiger partial charge on any atom is 0.207 e. The molecule has 2 N–H and O–H groups in total. The first-order valence-electron chi connectivity index (χ1n) is 8.64. The van der Waals surface area contributed by atoms with Crippen molar-refractivity contribution in [2.24, 2.45) is 5.92 Å². The Morgan fingerprint density at radius 1 is 1.38 bits per heavy atom. The summed E-state index contributed by atoms with van der Waals surface area (Å²) in [4.78, 5) is 14.8. The molecule has 134 valence electrons. The highest BCUT2D eigenvalue weighted by Crippen LogP contribution is 2.25. The molecule has 1 aliphatic rings. The van der Waals surface area contributed by atoms with Gasteiger partial charge in [-0.2, -0.15) is 0 Å². The highest BCUT2D eigenvalue weighted by atomic mass is 19.1. The zero-order valence-electron chi connectivity index (χ0n) is 14.4. The molecule has 1 fully saturated rings. The summed E-state index contributed by atoms with van der Waals surface area (Å²) in [5.41, 5.74) is 0.808. The molecule has 0 aromatic heterocycles. The molecule has 5 nitrogen and oxygen atoms in total. The third-order valence-electron chi connectivity index (χ3n) is 4.82. The van der Waals surface area contributed by atoms with E-state index in [1.54, 1.807) is 18.2 Å². The number of nitrogens with zero attached hydrogens (tertiary/aromatic N) is 2. The molecule has 0 unspecified atom stereocenters. The van der Waals surface area contributed by atoms with Crippen LogP contribution in [0.25, 0.3) is 0 Å². The maximum absolute atomic E-state index is 14.6. The van der Waals surface area contributed by atoms with Crippen LogP contribution in [0.5, 0.6) is 0 Å². The molecule has 0 radical (unpaired) electrons. The standard InChI is InChI=1S/C18H28FN3O2/c1-21-9-5-15(6-10-21)7-11-22(12-8-20-14-24)17-4-2-3-16(13-23)18(17)19/h2-4,14-15,23H,5-13H2,1H3,(H,20,24). The van der Waals surface area contributed by atoms with Crippen LogP contribution in [0.3, 0.4) is 0 Å². The van der Waals surface area contributed by atoms with Gasteiger partial charge in [0.25, 0.3) is 0 Å². The quantitative estimate of drug-likeness (QED) is 0.531. The molecule has 1 saturated heterocycles. The number of benzene rings is 1. The van der Waals surface area contributed by atoms with E-state index in [0.29, 0.717) is 36.7 Å². The Morgan fingerprint density at radius 2 is 2.12 bits per heavy atom. The predicted octanol–water partition coefficient (Wildman–Crippen LogP) is 1.60. The third kappa shape index (κ3) is 5.18. The molecule has 24 heavy (non-hydrogen) atoms. The summed E-state index contributed by atoms with van der Waals surface area (Å²) in [6.07, 6.45) is 4.03. The van der Waals surface area contributed by atoms with E-state index in [0.717, 1.165) is 26.1 Å². The number of anilines is 1. The molecule has 1 heterocycles. The van der Waals surface area contributed by atoms with Crippen molar-refractivity contribution in [2.75, 3.05) is 44.7 Å². The maximum atomic E-state index is 14.6. The molecule has 1 aromatic carbocycles. The van der Waals surface area contributed by atoms with Crippen molar-refractivity contribution in [3.8, 4) is 0 Å². The molecular formula is C18H28FN3O2.